The molecule has 0 aliphatic carbocycles. The summed E-state index contributed by atoms with van der Waals surface area (Å²) in [6.45, 7) is 1.81. The molecule has 0 aliphatic rings. The third-order valence-electron chi connectivity index (χ3n) is 2.48. The van der Waals surface area contributed by atoms with Crippen LogP contribution in [0.25, 0.3) is 0 Å². The fourth-order valence-corrected chi connectivity index (χ4v) is 1.64. The van der Waals surface area contributed by atoms with Crippen molar-refractivity contribution in [3.05, 3.63) is 60.2 Å². The van der Waals surface area contributed by atoms with Gasteiger partial charge in [0, 0.05) is 6.20 Å². The van der Waals surface area contributed by atoms with Crippen LogP contribution in [0.3, 0.4) is 0 Å². The van der Waals surface area contributed by atoms with E-state index < -0.39 is 0 Å². The molecule has 0 saturated carbocycles. The fraction of sp³-hybridized carbons (Fsp3) is 0.0714. The number of benzene rings is 1. The first-order valence-electron chi connectivity index (χ1n) is 5.94. The van der Waals surface area contributed by atoms with Gasteiger partial charge in [-0.3, -0.25) is 10.4 Å². The summed E-state index contributed by atoms with van der Waals surface area (Å²) in [5, 5.41) is 7.05. The van der Waals surface area contributed by atoms with Gasteiger partial charge in [-0.15, -0.1) is 0 Å². The minimum atomic E-state index is -0.373. The standard InChI is InChI=1S/C14H13FN4S/c1-10(12-7-4-5-9-16-12)18-19-14(20)17-13-8-3-2-6-11(13)15/h2-9H,1H3,(H2,17,19,20)/b18-10-. The highest BCUT2D eigenvalue weighted by Crippen LogP contribution is 2.11. The van der Waals surface area contributed by atoms with E-state index in [1.165, 1.54) is 6.07 Å². The van der Waals surface area contributed by atoms with Crippen LogP contribution in [0.4, 0.5) is 10.1 Å². The zero-order chi connectivity index (χ0) is 14.4. The van der Waals surface area contributed by atoms with Crippen molar-refractivity contribution in [3.8, 4) is 0 Å². The Morgan fingerprint density at radius 2 is 1.95 bits per heavy atom. The molecule has 2 N–H and O–H groups in total. The van der Waals surface area contributed by atoms with Gasteiger partial charge >= 0.3 is 0 Å². The molecule has 0 saturated heterocycles. The summed E-state index contributed by atoms with van der Waals surface area (Å²) in [5.74, 6) is -0.373. The molecule has 1 heterocycles. The molecule has 0 fully saturated rings. The number of thiocarbonyl (C=S) groups is 1. The molecule has 102 valence electrons. The molecule has 0 atom stereocenters. The highest BCUT2D eigenvalue weighted by molar-refractivity contribution is 7.80. The molecular weight excluding hydrogens is 275 g/mol. The molecule has 4 nitrogen and oxygen atoms in total. The fourth-order valence-electron chi connectivity index (χ4n) is 1.48. The quantitative estimate of drug-likeness (QED) is 0.518. The molecule has 0 aliphatic heterocycles. The molecule has 2 aromatic rings. The molecule has 0 amide bonds. The number of rotatable bonds is 3. The van der Waals surface area contributed by atoms with Crippen molar-refractivity contribution >= 4 is 28.7 Å². The van der Waals surface area contributed by atoms with Crippen LogP contribution in [0.1, 0.15) is 12.6 Å². The van der Waals surface area contributed by atoms with Crippen molar-refractivity contribution < 1.29 is 4.39 Å². The van der Waals surface area contributed by atoms with Gasteiger partial charge in [-0.2, -0.15) is 5.10 Å². The smallest absolute Gasteiger partial charge is 0.191 e. The molecular formula is C14H13FN4S. The van der Waals surface area contributed by atoms with Gasteiger partial charge in [-0.25, -0.2) is 4.39 Å². The lowest BCUT2D eigenvalue weighted by atomic mass is 10.3. The van der Waals surface area contributed by atoms with Crippen LogP contribution in [0.5, 0.6) is 0 Å². The Kier molecular flexibility index (Phi) is 4.73. The lowest BCUT2D eigenvalue weighted by molar-refractivity contribution is 0.632. The van der Waals surface area contributed by atoms with Gasteiger partial charge in [-0.05, 0) is 43.4 Å². The molecule has 0 spiro atoms. The van der Waals surface area contributed by atoms with Crippen LogP contribution < -0.4 is 10.7 Å². The predicted octanol–water partition coefficient (Wildman–Crippen LogP) is 2.93. The largest absolute Gasteiger partial charge is 0.329 e. The first-order valence-corrected chi connectivity index (χ1v) is 6.35. The number of halogens is 1. The normalized spacial score (nSPS) is 11.0. The van der Waals surface area contributed by atoms with Crippen LogP contribution in [0, 0.1) is 5.82 Å². The number of aromatic nitrogens is 1. The van der Waals surface area contributed by atoms with Gasteiger partial charge in [0.1, 0.15) is 5.82 Å². The average Bonchev–Trinajstić information content (AvgIpc) is 2.48. The number of pyridine rings is 1. The van der Waals surface area contributed by atoms with E-state index >= 15 is 0 Å². The number of para-hydroxylation sites is 1. The van der Waals surface area contributed by atoms with Gasteiger partial charge in [0.2, 0.25) is 0 Å². The Morgan fingerprint density at radius 1 is 1.20 bits per heavy atom. The van der Waals surface area contributed by atoms with Gasteiger partial charge in [-0.1, -0.05) is 18.2 Å². The van der Waals surface area contributed by atoms with E-state index in [0.717, 1.165) is 5.69 Å². The zero-order valence-electron chi connectivity index (χ0n) is 10.8. The second kappa shape index (κ2) is 6.72. The summed E-state index contributed by atoms with van der Waals surface area (Å²) in [7, 11) is 0. The topological polar surface area (TPSA) is 49.3 Å². The zero-order valence-corrected chi connectivity index (χ0v) is 11.6. The van der Waals surface area contributed by atoms with Gasteiger partial charge in [0.05, 0.1) is 17.1 Å². The minimum Gasteiger partial charge on any atom is -0.329 e. The summed E-state index contributed by atoms with van der Waals surface area (Å²) < 4.78 is 13.4. The molecule has 0 unspecified atom stereocenters. The summed E-state index contributed by atoms with van der Waals surface area (Å²) in [6.07, 6.45) is 1.68. The van der Waals surface area contributed by atoms with Crippen molar-refractivity contribution in [1.82, 2.24) is 10.4 Å². The number of nitrogens with one attached hydrogen (secondary N) is 2. The van der Waals surface area contributed by atoms with E-state index in [4.69, 9.17) is 12.2 Å². The number of anilines is 1. The SMILES string of the molecule is C/C(=N/NC(=S)Nc1ccccc1F)c1ccccn1. The van der Waals surface area contributed by atoms with E-state index in [0.29, 0.717) is 11.4 Å². The maximum absolute atomic E-state index is 13.4. The molecule has 0 radical (unpaired) electrons. The minimum absolute atomic E-state index is 0.213. The Balaban J connectivity index is 1.97. The van der Waals surface area contributed by atoms with Crippen molar-refractivity contribution in [2.75, 3.05) is 5.32 Å². The molecule has 6 heteroatoms. The van der Waals surface area contributed by atoms with Gasteiger partial charge < -0.3 is 5.32 Å². The Morgan fingerprint density at radius 3 is 2.65 bits per heavy atom. The summed E-state index contributed by atoms with van der Waals surface area (Å²) in [5.41, 5.74) is 4.39. The third kappa shape index (κ3) is 3.83. The Bertz CT molecular complexity index is 628. The Labute approximate surface area is 121 Å². The van der Waals surface area contributed by atoms with Crippen LogP contribution in [-0.4, -0.2) is 15.8 Å². The van der Waals surface area contributed by atoms with Gasteiger partial charge in [0.15, 0.2) is 5.11 Å². The maximum atomic E-state index is 13.4. The lowest BCUT2D eigenvalue weighted by Gasteiger charge is -2.08. The van der Waals surface area contributed by atoms with E-state index in [1.54, 1.807) is 31.3 Å². The molecule has 0 bridgehead atoms. The second-order valence-corrected chi connectivity index (χ2v) is 4.37. The number of hydrogen-bond acceptors (Lipinski definition) is 3. The highest BCUT2D eigenvalue weighted by atomic mass is 32.1. The summed E-state index contributed by atoms with van der Waals surface area (Å²) in [6, 6.07) is 11.8. The van der Waals surface area contributed by atoms with Crippen LogP contribution >= 0.6 is 12.2 Å². The van der Waals surface area contributed by atoms with Crippen molar-refractivity contribution in [3.63, 3.8) is 0 Å². The van der Waals surface area contributed by atoms with Crippen LogP contribution in [0.15, 0.2) is 53.8 Å². The Hall–Kier alpha value is -2.34. The first kappa shape index (κ1) is 14.1. The molecule has 1 aromatic heterocycles. The van der Waals surface area contributed by atoms with E-state index in [9.17, 15) is 4.39 Å². The number of hydrogen-bond donors (Lipinski definition) is 2. The average molecular weight is 288 g/mol. The van der Waals surface area contributed by atoms with Crippen molar-refractivity contribution in [2.45, 2.75) is 6.92 Å². The third-order valence-corrected chi connectivity index (χ3v) is 2.68. The molecule has 20 heavy (non-hydrogen) atoms. The van der Waals surface area contributed by atoms with Crippen LogP contribution in [0.2, 0.25) is 0 Å². The number of nitrogens with zero attached hydrogens (tertiary/aromatic N) is 2. The molecule has 2 rings (SSSR count). The second-order valence-electron chi connectivity index (χ2n) is 3.96. The van der Waals surface area contributed by atoms with Crippen molar-refractivity contribution in [1.29, 1.82) is 0 Å². The maximum Gasteiger partial charge on any atom is 0.191 e. The lowest BCUT2D eigenvalue weighted by Crippen LogP contribution is -2.25. The van der Waals surface area contributed by atoms with Crippen molar-refractivity contribution in [2.24, 2.45) is 5.10 Å². The van der Waals surface area contributed by atoms with Gasteiger partial charge in [0.25, 0.3) is 0 Å². The highest BCUT2D eigenvalue weighted by Gasteiger charge is 2.02. The first-order chi connectivity index (χ1) is 9.66. The summed E-state index contributed by atoms with van der Waals surface area (Å²) >= 11 is 5.05. The molecule has 1 aromatic carbocycles. The van der Waals surface area contributed by atoms with E-state index in [2.05, 4.69) is 20.8 Å². The summed E-state index contributed by atoms with van der Waals surface area (Å²) in [4.78, 5) is 4.16. The monoisotopic (exact) mass is 288 g/mol. The van der Waals surface area contributed by atoms with E-state index in [1.807, 2.05) is 18.2 Å². The van der Waals surface area contributed by atoms with Crippen LogP contribution in [-0.2, 0) is 0 Å². The van der Waals surface area contributed by atoms with E-state index in [-0.39, 0.29) is 10.9 Å². The predicted molar refractivity (Wildman–Crippen MR) is 82.2 cm³/mol. The number of hydrazone groups is 1.